The Bertz CT molecular complexity index is 482. The Morgan fingerprint density at radius 2 is 2.12 bits per heavy atom. The smallest absolute Gasteiger partial charge is 0.136 e. The first-order chi connectivity index (χ1) is 7.61. The second kappa shape index (κ2) is 3.85. The third-order valence-corrected chi connectivity index (χ3v) is 2.58. The van der Waals surface area contributed by atoms with Crippen LogP contribution in [0, 0.1) is 5.82 Å². The van der Waals surface area contributed by atoms with Gasteiger partial charge in [0.05, 0.1) is 11.3 Å². The molecule has 0 spiro atoms. The van der Waals surface area contributed by atoms with Gasteiger partial charge >= 0.3 is 0 Å². The maximum absolute atomic E-state index is 13.7. The minimum Gasteiger partial charge on any atom is -0.507 e. The molecule has 1 heterocycles. The number of halogens is 1. The zero-order chi connectivity index (χ0) is 11.7. The molecule has 0 saturated carbocycles. The summed E-state index contributed by atoms with van der Waals surface area (Å²) >= 11 is 0. The summed E-state index contributed by atoms with van der Waals surface area (Å²) < 4.78 is 13.7. The van der Waals surface area contributed by atoms with Crippen LogP contribution in [-0.2, 0) is 0 Å². The van der Waals surface area contributed by atoms with Gasteiger partial charge in [-0.1, -0.05) is 18.7 Å². The molecule has 0 aliphatic carbocycles. The van der Waals surface area contributed by atoms with Crippen molar-refractivity contribution < 1.29 is 9.50 Å². The van der Waals surface area contributed by atoms with Gasteiger partial charge in [0, 0.05) is 12.7 Å². The molecule has 0 bridgehead atoms. The normalized spacial score (nSPS) is 15.2. The number of rotatable bonds is 1. The van der Waals surface area contributed by atoms with Crippen LogP contribution in [0.3, 0.4) is 0 Å². The quantitative estimate of drug-likeness (QED) is 0.781. The fourth-order valence-electron chi connectivity index (χ4n) is 1.65. The second-order valence-corrected chi connectivity index (χ2v) is 3.60. The zero-order valence-corrected chi connectivity index (χ0v) is 8.94. The van der Waals surface area contributed by atoms with Crippen LogP contribution < -0.4 is 0 Å². The van der Waals surface area contributed by atoms with Gasteiger partial charge in [0.1, 0.15) is 11.6 Å². The fraction of sp³-hybridized carbons (Fsp3) is 0.0769. The summed E-state index contributed by atoms with van der Waals surface area (Å²) in [6, 6.07) is 4.27. The van der Waals surface area contributed by atoms with Crippen molar-refractivity contribution in [2.75, 3.05) is 7.05 Å². The lowest BCUT2D eigenvalue weighted by atomic mass is 10.1. The Balaban J connectivity index is 2.57. The van der Waals surface area contributed by atoms with Gasteiger partial charge in [-0.3, -0.25) is 0 Å². The van der Waals surface area contributed by atoms with Crippen molar-refractivity contribution >= 4 is 5.70 Å². The van der Waals surface area contributed by atoms with E-state index < -0.39 is 5.82 Å². The van der Waals surface area contributed by atoms with E-state index >= 15 is 0 Å². The minimum absolute atomic E-state index is 0.0683. The highest BCUT2D eigenvalue weighted by Crippen LogP contribution is 2.32. The van der Waals surface area contributed by atoms with Crippen LogP contribution in [-0.4, -0.2) is 17.1 Å². The van der Waals surface area contributed by atoms with Gasteiger partial charge in [-0.2, -0.15) is 0 Å². The number of nitrogens with zero attached hydrogens (tertiary/aromatic N) is 1. The van der Waals surface area contributed by atoms with E-state index in [-0.39, 0.29) is 11.3 Å². The third kappa shape index (κ3) is 1.60. The van der Waals surface area contributed by atoms with Crippen LogP contribution in [0.15, 0.2) is 48.7 Å². The van der Waals surface area contributed by atoms with Gasteiger partial charge in [0.25, 0.3) is 0 Å². The molecule has 1 aliphatic rings. The predicted octanol–water partition coefficient (Wildman–Crippen LogP) is 2.89. The molecule has 82 valence electrons. The monoisotopic (exact) mass is 217 g/mol. The predicted molar refractivity (Wildman–Crippen MR) is 62.1 cm³/mol. The van der Waals surface area contributed by atoms with E-state index in [1.807, 2.05) is 6.08 Å². The fourth-order valence-corrected chi connectivity index (χ4v) is 1.65. The number of allylic oxidation sites excluding steroid dienone is 3. The summed E-state index contributed by atoms with van der Waals surface area (Å²) in [5.41, 5.74) is 1.55. The number of benzene rings is 1. The lowest BCUT2D eigenvalue weighted by Gasteiger charge is -2.26. The van der Waals surface area contributed by atoms with Gasteiger partial charge in [-0.25, -0.2) is 4.39 Å². The van der Waals surface area contributed by atoms with Crippen LogP contribution in [0.5, 0.6) is 5.75 Å². The van der Waals surface area contributed by atoms with Gasteiger partial charge < -0.3 is 10.0 Å². The third-order valence-electron chi connectivity index (χ3n) is 2.58. The number of hydrogen-bond donors (Lipinski definition) is 1. The molecule has 0 amide bonds. The maximum Gasteiger partial charge on any atom is 0.136 e. The summed E-state index contributed by atoms with van der Waals surface area (Å²) in [7, 11) is 1.78. The molecule has 0 fully saturated rings. The molecule has 0 atom stereocenters. The zero-order valence-electron chi connectivity index (χ0n) is 8.94. The van der Waals surface area contributed by atoms with E-state index in [2.05, 4.69) is 6.58 Å². The van der Waals surface area contributed by atoms with Crippen LogP contribution in [0.4, 0.5) is 4.39 Å². The largest absolute Gasteiger partial charge is 0.507 e. The molecular weight excluding hydrogens is 205 g/mol. The van der Waals surface area contributed by atoms with Crippen molar-refractivity contribution in [3.05, 3.63) is 60.1 Å². The Morgan fingerprint density at radius 1 is 1.38 bits per heavy atom. The first-order valence-electron chi connectivity index (χ1n) is 4.90. The maximum atomic E-state index is 13.7. The summed E-state index contributed by atoms with van der Waals surface area (Å²) in [5, 5.41) is 9.69. The van der Waals surface area contributed by atoms with Crippen LogP contribution >= 0.6 is 0 Å². The molecule has 1 N–H and O–H groups in total. The molecule has 2 nitrogen and oxygen atoms in total. The Hall–Kier alpha value is -2.03. The molecule has 3 heteroatoms. The molecule has 2 rings (SSSR count). The van der Waals surface area contributed by atoms with Gasteiger partial charge in [0.15, 0.2) is 0 Å². The van der Waals surface area contributed by atoms with Crippen LogP contribution in [0.1, 0.15) is 5.56 Å². The summed E-state index contributed by atoms with van der Waals surface area (Å²) in [5.74, 6) is -0.512. The molecule has 0 aromatic heterocycles. The molecular formula is C13H12FNO. The average Bonchev–Trinajstić information content (AvgIpc) is 2.24. The van der Waals surface area contributed by atoms with Crippen molar-refractivity contribution in [1.29, 1.82) is 0 Å². The summed E-state index contributed by atoms with van der Waals surface area (Å²) in [6.45, 7) is 3.82. The molecule has 0 unspecified atom stereocenters. The lowest BCUT2D eigenvalue weighted by molar-refractivity contribution is 0.462. The van der Waals surface area contributed by atoms with Crippen molar-refractivity contribution in [1.82, 2.24) is 4.90 Å². The van der Waals surface area contributed by atoms with Gasteiger partial charge in [-0.15, -0.1) is 0 Å². The van der Waals surface area contributed by atoms with E-state index in [4.69, 9.17) is 0 Å². The molecule has 1 aromatic rings. The van der Waals surface area contributed by atoms with E-state index in [9.17, 15) is 9.50 Å². The number of hydrogen-bond acceptors (Lipinski definition) is 2. The summed E-state index contributed by atoms with van der Waals surface area (Å²) in [6.07, 6.45) is 5.34. The molecule has 16 heavy (non-hydrogen) atoms. The number of phenolic OH excluding ortho intramolecular Hbond substituents is 1. The minimum atomic E-state index is -0.443. The highest BCUT2D eigenvalue weighted by atomic mass is 19.1. The highest BCUT2D eigenvalue weighted by Gasteiger charge is 2.18. The van der Waals surface area contributed by atoms with Crippen molar-refractivity contribution in [3.63, 3.8) is 0 Å². The van der Waals surface area contributed by atoms with Crippen molar-refractivity contribution in [2.24, 2.45) is 0 Å². The molecule has 1 aliphatic heterocycles. The van der Waals surface area contributed by atoms with E-state index in [0.29, 0.717) is 5.70 Å². The SMILES string of the molecule is C=C1C=CC=C(c2c(O)cccc2F)N1C. The standard InChI is InChI=1S/C13H12FNO/c1-9-5-3-7-11(15(9)2)13-10(14)6-4-8-12(13)16/h3-8,16H,1H2,2H3. The summed E-state index contributed by atoms with van der Waals surface area (Å²) in [4.78, 5) is 1.73. The molecule has 0 saturated heterocycles. The van der Waals surface area contributed by atoms with Crippen molar-refractivity contribution in [3.8, 4) is 5.75 Å². The van der Waals surface area contributed by atoms with E-state index in [1.165, 1.54) is 18.2 Å². The van der Waals surface area contributed by atoms with Crippen molar-refractivity contribution in [2.45, 2.75) is 0 Å². The van der Waals surface area contributed by atoms with E-state index in [0.717, 1.165) is 5.70 Å². The lowest BCUT2D eigenvalue weighted by Crippen LogP contribution is -2.17. The first kappa shape index (κ1) is 10.5. The number of aromatic hydroxyl groups is 1. The first-order valence-corrected chi connectivity index (χ1v) is 4.90. The second-order valence-electron chi connectivity index (χ2n) is 3.60. The topological polar surface area (TPSA) is 23.5 Å². The number of likely N-dealkylation sites (N-methyl/N-ethyl adjacent to an activating group) is 1. The Labute approximate surface area is 93.6 Å². The van der Waals surface area contributed by atoms with Crippen LogP contribution in [0.2, 0.25) is 0 Å². The van der Waals surface area contributed by atoms with E-state index in [1.54, 1.807) is 24.1 Å². The Kier molecular flexibility index (Phi) is 2.52. The Morgan fingerprint density at radius 3 is 2.81 bits per heavy atom. The molecule has 0 radical (unpaired) electrons. The van der Waals surface area contributed by atoms with Gasteiger partial charge in [0.2, 0.25) is 0 Å². The highest BCUT2D eigenvalue weighted by molar-refractivity contribution is 5.73. The van der Waals surface area contributed by atoms with Crippen LogP contribution in [0.25, 0.3) is 5.70 Å². The molecule has 1 aromatic carbocycles. The number of phenols is 1. The van der Waals surface area contributed by atoms with Gasteiger partial charge in [-0.05, 0) is 24.3 Å². The average molecular weight is 217 g/mol.